The zero-order valence-electron chi connectivity index (χ0n) is 13.0. The Morgan fingerprint density at radius 2 is 2.08 bits per heavy atom. The third-order valence-corrected chi connectivity index (χ3v) is 3.77. The molecule has 2 heterocycles. The molecule has 0 unspecified atom stereocenters. The first-order chi connectivity index (χ1) is 11.6. The Morgan fingerprint density at radius 3 is 2.83 bits per heavy atom. The number of carboxylic acids is 1. The topological polar surface area (TPSA) is 97.6 Å². The van der Waals surface area contributed by atoms with Crippen molar-refractivity contribution in [2.24, 2.45) is 0 Å². The fraction of sp³-hybridized carbons (Fsp3) is 0.375. The van der Waals surface area contributed by atoms with E-state index in [-0.39, 0.29) is 24.6 Å². The van der Waals surface area contributed by atoms with Crippen LogP contribution in [0.1, 0.15) is 22.5 Å². The molecule has 1 fully saturated rings. The van der Waals surface area contributed by atoms with Gasteiger partial charge in [0, 0.05) is 13.1 Å². The fourth-order valence-electron chi connectivity index (χ4n) is 2.63. The molecule has 1 aromatic heterocycles. The van der Waals surface area contributed by atoms with Crippen LogP contribution in [0.4, 0.5) is 0 Å². The van der Waals surface area contributed by atoms with Crippen molar-refractivity contribution >= 4 is 11.9 Å². The Hall–Kier alpha value is -2.74. The van der Waals surface area contributed by atoms with Gasteiger partial charge < -0.3 is 14.7 Å². The van der Waals surface area contributed by atoms with E-state index in [1.165, 1.54) is 0 Å². The predicted molar refractivity (Wildman–Crippen MR) is 83.5 cm³/mol. The van der Waals surface area contributed by atoms with Gasteiger partial charge in [0.25, 0.3) is 5.91 Å². The Bertz CT molecular complexity index is 716. The van der Waals surface area contributed by atoms with Gasteiger partial charge in [-0.25, -0.2) is 4.68 Å². The third kappa shape index (κ3) is 3.96. The van der Waals surface area contributed by atoms with Crippen LogP contribution in [-0.4, -0.2) is 62.7 Å². The van der Waals surface area contributed by atoms with E-state index < -0.39 is 12.1 Å². The molecule has 2 aromatic rings. The largest absolute Gasteiger partial charge is 0.481 e. The molecule has 0 radical (unpaired) electrons. The highest BCUT2D eigenvalue weighted by Crippen LogP contribution is 2.12. The highest BCUT2D eigenvalue weighted by molar-refractivity contribution is 5.92. The minimum Gasteiger partial charge on any atom is -0.481 e. The molecule has 24 heavy (non-hydrogen) atoms. The molecule has 0 bridgehead atoms. The number of nitrogens with zero attached hydrogens (tertiary/aromatic N) is 4. The van der Waals surface area contributed by atoms with Crippen molar-refractivity contribution in [2.45, 2.75) is 19.1 Å². The molecule has 0 aliphatic carbocycles. The van der Waals surface area contributed by atoms with E-state index in [1.807, 2.05) is 30.3 Å². The van der Waals surface area contributed by atoms with Gasteiger partial charge in [-0.3, -0.25) is 9.59 Å². The number of carbonyl (C=O) groups excluding carboxylic acids is 1. The molecule has 0 saturated carbocycles. The number of carbonyl (C=O) groups is 2. The first kappa shape index (κ1) is 16.1. The zero-order chi connectivity index (χ0) is 16.9. The standard InChI is InChI=1S/C16H18N4O4/c21-15(22)8-13-10-19(6-7-24-13)16(23)14-11-20(18-17-14)9-12-4-2-1-3-5-12/h1-5,11,13H,6-10H2,(H,21,22)/t13-/m0/s1. The summed E-state index contributed by atoms with van der Waals surface area (Å²) in [6.07, 6.45) is 1.00. The molecule has 1 aliphatic heterocycles. The first-order valence-corrected chi connectivity index (χ1v) is 7.68. The fourth-order valence-corrected chi connectivity index (χ4v) is 2.63. The summed E-state index contributed by atoms with van der Waals surface area (Å²) in [6, 6.07) is 9.76. The van der Waals surface area contributed by atoms with Crippen molar-refractivity contribution in [3.8, 4) is 0 Å². The lowest BCUT2D eigenvalue weighted by Crippen LogP contribution is -2.46. The second-order valence-electron chi connectivity index (χ2n) is 5.63. The summed E-state index contributed by atoms with van der Waals surface area (Å²) in [4.78, 5) is 24.8. The van der Waals surface area contributed by atoms with Crippen molar-refractivity contribution in [3.63, 3.8) is 0 Å². The predicted octanol–water partition coefficient (Wildman–Crippen LogP) is 0.642. The second kappa shape index (κ2) is 7.22. The molecule has 1 N–H and O–H groups in total. The second-order valence-corrected chi connectivity index (χ2v) is 5.63. The van der Waals surface area contributed by atoms with E-state index in [4.69, 9.17) is 9.84 Å². The smallest absolute Gasteiger partial charge is 0.306 e. The number of rotatable bonds is 5. The lowest BCUT2D eigenvalue weighted by Gasteiger charge is -2.31. The van der Waals surface area contributed by atoms with E-state index in [2.05, 4.69) is 10.3 Å². The van der Waals surface area contributed by atoms with Gasteiger partial charge in [0.2, 0.25) is 0 Å². The Morgan fingerprint density at radius 1 is 1.29 bits per heavy atom. The maximum Gasteiger partial charge on any atom is 0.306 e. The van der Waals surface area contributed by atoms with Crippen LogP contribution in [0, 0.1) is 0 Å². The number of hydrogen-bond acceptors (Lipinski definition) is 5. The van der Waals surface area contributed by atoms with Crippen molar-refractivity contribution < 1.29 is 19.4 Å². The van der Waals surface area contributed by atoms with E-state index in [0.717, 1.165) is 5.56 Å². The van der Waals surface area contributed by atoms with Crippen molar-refractivity contribution in [1.82, 2.24) is 19.9 Å². The molecule has 8 heteroatoms. The molecule has 1 atom stereocenters. The Balaban J connectivity index is 1.64. The maximum absolute atomic E-state index is 12.5. The molecule has 126 valence electrons. The van der Waals surface area contributed by atoms with E-state index in [9.17, 15) is 9.59 Å². The minimum atomic E-state index is -0.942. The van der Waals surface area contributed by atoms with E-state index in [1.54, 1.807) is 15.8 Å². The normalized spacial score (nSPS) is 17.7. The third-order valence-electron chi connectivity index (χ3n) is 3.77. The van der Waals surface area contributed by atoms with Crippen LogP contribution in [0.3, 0.4) is 0 Å². The van der Waals surface area contributed by atoms with Gasteiger partial charge >= 0.3 is 5.97 Å². The number of hydrogen-bond donors (Lipinski definition) is 1. The molecule has 0 spiro atoms. The van der Waals surface area contributed by atoms with Crippen LogP contribution in [0.2, 0.25) is 0 Å². The van der Waals surface area contributed by atoms with E-state index >= 15 is 0 Å². The van der Waals surface area contributed by atoms with Gasteiger partial charge in [0.05, 0.1) is 31.9 Å². The number of aliphatic carboxylic acids is 1. The SMILES string of the molecule is O=C(O)C[C@H]1CN(C(=O)c2cn(Cc3ccccc3)nn2)CCO1. The number of aromatic nitrogens is 3. The van der Waals surface area contributed by atoms with Crippen LogP contribution in [-0.2, 0) is 16.1 Å². The Labute approximate surface area is 138 Å². The van der Waals surface area contributed by atoms with Gasteiger partial charge in [0.15, 0.2) is 5.69 Å². The molecule has 8 nitrogen and oxygen atoms in total. The average molecular weight is 330 g/mol. The van der Waals surface area contributed by atoms with Crippen LogP contribution in [0.15, 0.2) is 36.5 Å². The van der Waals surface area contributed by atoms with Gasteiger partial charge in [-0.05, 0) is 5.56 Å². The quantitative estimate of drug-likeness (QED) is 0.864. The summed E-state index contributed by atoms with van der Waals surface area (Å²) >= 11 is 0. The summed E-state index contributed by atoms with van der Waals surface area (Å²) in [5, 5.41) is 16.8. The Kier molecular flexibility index (Phi) is 4.85. The van der Waals surface area contributed by atoms with Crippen LogP contribution in [0.5, 0.6) is 0 Å². The number of ether oxygens (including phenoxy) is 1. The summed E-state index contributed by atoms with van der Waals surface area (Å²) in [7, 11) is 0. The molecule has 1 aliphatic rings. The number of carboxylic acid groups (broad SMARTS) is 1. The molecule has 3 rings (SSSR count). The van der Waals surface area contributed by atoms with Gasteiger partial charge in [-0.15, -0.1) is 5.10 Å². The minimum absolute atomic E-state index is 0.121. The van der Waals surface area contributed by atoms with Crippen molar-refractivity contribution in [1.29, 1.82) is 0 Å². The first-order valence-electron chi connectivity index (χ1n) is 7.68. The highest BCUT2D eigenvalue weighted by atomic mass is 16.5. The zero-order valence-corrected chi connectivity index (χ0v) is 13.0. The molecule has 1 aromatic carbocycles. The van der Waals surface area contributed by atoms with Crippen LogP contribution >= 0.6 is 0 Å². The number of morpholine rings is 1. The highest BCUT2D eigenvalue weighted by Gasteiger charge is 2.28. The molecule has 1 amide bonds. The van der Waals surface area contributed by atoms with Crippen molar-refractivity contribution in [2.75, 3.05) is 19.7 Å². The van der Waals surface area contributed by atoms with Crippen molar-refractivity contribution in [3.05, 3.63) is 47.8 Å². The summed E-state index contributed by atoms with van der Waals surface area (Å²) in [6.45, 7) is 1.52. The summed E-state index contributed by atoms with van der Waals surface area (Å²) in [5.74, 6) is -1.20. The molecular weight excluding hydrogens is 312 g/mol. The number of amides is 1. The lowest BCUT2D eigenvalue weighted by molar-refractivity contribution is -0.141. The molecular formula is C16H18N4O4. The van der Waals surface area contributed by atoms with E-state index in [0.29, 0.717) is 19.7 Å². The summed E-state index contributed by atoms with van der Waals surface area (Å²) < 4.78 is 6.98. The molecule has 1 saturated heterocycles. The number of benzene rings is 1. The maximum atomic E-state index is 12.5. The summed E-state index contributed by atoms with van der Waals surface area (Å²) in [5.41, 5.74) is 1.32. The van der Waals surface area contributed by atoms with Crippen LogP contribution < -0.4 is 0 Å². The van der Waals surface area contributed by atoms with Gasteiger partial charge in [-0.1, -0.05) is 35.5 Å². The average Bonchev–Trinajstić information content (AvgIpc) is 3.03. The van der Waals surface area contributed by atoms with Crippen LogP contribution in [0.25, 0.3) is 0 Å². The monoisotopic (exact) mass is 330 g/mol. The van der Waals surface area contributed by atoms with Gasteiger partial charge in [-0.2, -0.15) is 0 Å². The lowest BCUT2D eigenvalue weighted by atomic mass is 10.2. The van der Waals surface area contributed by atoms with Gasteiger partial charge in [0.1, 0.15) is 0 Å².